The molecule has 3 nitrogen and oxygen atoms in total. The molecule has 1 saturated carbocycles. The van der Waals surface area contributed by atoms with Gasteiger partial charge in [-0.05, 0) is 49.4 Å². The average Bonchev–Trinajstić information content (AvgIpc) is 2.78. The molecule has 2 aromatic carbocycles. The zero-order chi connectivity index (χ0) is 25.9. The van der Waals surface area contributed by atoms with Crippen LogP contribution in [-0.2, 0) is 12.5 Å². The van der Waals surface area contributed by atoms with Gasteiger partial charge in [0.1, 0.15) is 11.9 Å². The summed E-state index contributed by atoms with van der Waals surface area (Å²) in [5.41, 5.74) is -1.32. The topological polar surface area (TPSA) is 32.7 Å². The summed E-state index contributed by atoms with van der Waals surface area (Å²) in [4.78, 5) is 1.28. The summed E-state index contributed by atoms with van der Waals surface area (Å²) in [5.74, 6) is -4.53. The van der Waals surface area contributed by atoms with Gasteiger partial charge < -0.3 is 9.84 Å². The maximum absolute atomic E-state index is 13.8. The molecule has 1 N–H and O–H groups in total. The summed E-state index contributed by atoms with van der Waals surface area (Å²) >= 11 is 0. The van der Waals surface area contributed by atoms with Gasteiger partial charge in [0, 0.05) is 24.7 Å². The predicted octanol–water partition coefficient (Wildman–Crippen LogP) is 6.46. The van der Waals surface area contributed by atoms with E-state index in [0.717, 1.165) is 6.07 Å². The Morgan fingerprint density at radius 1 is 0.914 bits per heavy atom. The summed E-state index contributed by atoms with van der Waals surface area (Å²) in [6.07, 6.45) is -11.8. The Labute approximate surface area is 197 Å². The van der Waals surface area contributed by atoms with E-state index in [1.807, 2.05) is 0 Å². The SMILES string of the molecule is OC(CN(Cc1cccc(C(F)(F)C(F)(F)F)c1)C1CCCC(Oc2ccccc2)C1)C(F)(F)F. The number of ether oxygens (including phenoxy) is 1. The van der Waals surface area contributed by atoms with Crippen molar-refractivity contribution in [2.24, 2.45) is 0 Å². The first-order valence-electron chi connectivity index (χ1n) is 11.0. The smallest absolute Gasteiger partial charge is 0.458 e. The summed E-state index contributed by atoms with van der Waals surface area (Å²) in [6.45, 7) is -1.20. The highest BCUT2D eigenvalue weighted by atomic mass is 19.4. The fourth-order valence-electron chi connectivity index (χ4n) is 4.18. The fraction of sp³-hybridized carbons (Fsp3) is 0.500. The van der Waals surface area contributed by atoms with Gasteiger partial charge in [-0.1, -0.05) is 36.4 Å². The molecule has 3 unspecified atom stereocenters. The lowest BCUT2D eigenvalue weighted by Crippen LogP contribution is -2.47. The van der Waals surface area contributed by atoms with Gasteiger partial charge in [0.2, 0.25) is 0 Å². The lowest BCUT2D eigenvalue weighted by Gasteiger charge is -2.38. The first kappa shape index (κ1) is 27.2. The quantitative estimate of drug-likeness (QED) is 0.413. The van der Waals surface area contributed by atoms with Crippen molar-refractivity contribution in [2.75, 3.05) is 6.54 Å². The number of halogens is 8. The second-order valence-electron chi connectivity index (χ2n) is 8.63. The monoisotopic (exact) mass is 511 g/mol. The third kappa shape index (κ3) is 7.07. The second-order valence-corrected chi connectivity index (χ2v) is 8.63. The van der Waals surface area contributed by atoms with Crippen LogP contribution in [0.4, 0.5) is 35.1 Å². The molecule has 0 bridgehead atoms. The minimum Gasteiger partial charge on any atom is -0.490 e. The maximum atomic E-state index is 13.8. The molecule has 0 saturated heterocycles. The highest BCUT2D eigenvalue weighted by Gasteiger charge is 2.58. The van der Waals surface area contributed by atoms with Crippen molar-refractivity contribution in [3.63, 3.8) is 0 Å². The summed E-state index contributed by atoms with van der Waals surface area (Å²) in [7, 11) is 0. The highest BCUT2D eigenvalue weighted by Crippen LogP contribution is 2.44. The van der Waals surface area contributed by atoms with Crippen LogP contribution in [0.25, 0.3) is 0 Å². The number of aliphatic hydroxyl groups excluding tert-OH is 1. The minimum atomic E-state index is -5.82. The van der Waals surface area contributed by atoms with E-state index in [1.54, 1.807) is 30.3 Å². The van der Waals surface area contributed by atoms with Crippen LogP contribution >= 0.6 is 0 Å². The molecule has 0 heterocycles. The van der Waals surface area contributed by atoms with Gasteiger partial charge in [-0.25, -0.2) is 0 Å². The zero-order valence-corrected chi connectivity index (χ0v) is 18.5. The number of nitrogens with zero attached hydrogens (tertiary/aromatic N) is 1. The van der Waals surface area contributed by atoms with Crippen LogP contribution < -0.4 is 4.74 Å². The van der Waals surface area contributed by atoms with Gasteiger partial charge in [0.05, 0.1) is 0 Å². The molecule has 3 rings (SSSR count). The Morgan fingerprint density at radius 3 is 2.23 bits per heavy atom. The van der Waals surface area contributed by atoms with Crippen LogP contribution in [-0.4, -0.2) is 47.2 Å². The molecule has 35 heavy (non-hydrogen) atoms. The van der Waals surface area contributed by atoms with Crippen LogP contribution in [0.1, 0.15) is 36.8 Å². The molecule has 3 atom stereocenters. The van der Waals surface area contributed by atoms with Crippen LogP contribution in [0.3, 0.4) is 0 Å². The molecule has 1 aliphatic carbocycles. The van der Waals surface area contributed by atoms with E-state index in [0.29, 0.717) is 43.6 Å². The predicted molar refractivity (Wildman–Crippen MR) is 112 cm³/mol. The largest absolute Gasteiger partial charge is 0.490 e. The van der Waals surface area contributed by atoms with Crippen molar-refractivity contribution < 1.29 is 45.0 Å². The normalized spacial score (nSPS) is 20.6. The molecule has 0 amide bonds. The van der Waals surface area contributed by atoms with Crippen LogP contribution in [0, 0.1) is 0 Å². The van der Waals surface area contributed by atoms with Gasteiger partial charge in [-0.15, -0.1) is 0 Å². The zero-order valence-electron chi connectivity index (χ0n) is 18.5. The van der Waals surface area contributed by atoms with Gasteiger partial charge in [0.25, 0.3) is 0 Å². The van der Waals surface area contributed by atoms with Crippen molar-refractivity contribution in [3.05, 3.63) is 65.7 Å². The fourth-order valence-corrected chi connectivity index (χ4v) is 4.18. The highest BCUT2D eigenvalue weighted by molar-refractivity contribution is 5.28. The molecule has 0 aromatic heterocycles. The van der Waals surface area contributed by atoms with E-state index >= 15 is 0 Å². The van der Waals surface area contributed by atoms with Crippen LogP contribution in [0.15, 0.2) is 54.6 Å². The number of benzene rings is 2. The number of rotatable bonds is 8. The average molecular weight is 511 g/mol. The van der Waals surface area contributed by atoms with E-state index in [1.165, 1.54) is 11.0 Å². The third-order valence-corrected chi connectivity index (χ3v) is 5.98. The number of hydrogen-bond donors (Lipinski definition) is 1. The number of para-hydroxylation sites is 1. The number of alkyl halides is 8. The summed E-state index contributed by atoms with van der Waals surface area (Å²) < 4.78 is 111. The van der Waals surface area contributed by atoms with Crippen LogP contribution in [0.2, 0.25) is 0 Å². The molecule has 0 aliphatic heterocycles. The van der Waals surface area contributed by atoms with Crippen LogP contribution in [0.5, 0.6) is 5.75 Å². The van der Waals surface area contributed by atoms with Gasteiger partial charge in [-0.3, -0.25) is 4.90 Å². The molecule has 0 radical (unpaired) electrons. The van der Waals surface area contributed by atoms with E-state index in [2.05, 4.69) is 0 Å². The van der Waals surface area contributed by atoms with Gasteiger partial charge >= 0.3 is 18.3 Å². The molecule has 194 valence electrons. The van der Waals surface area contributed by atoms with Crippen molar-refractivity contribution in [3.8, 4) is 5.75 Å². The summed E-state index contributed by atoms with van der Waals surface area (Å²) in [5, 5.41) is 9.69. The summed E-state index contributed by atoms with van der Waals surface area (Å²) in [6, 6.07) is 11.8. The molecular formula is C24H25F8NO2. The Kier molecular flexibility index (Phi) is 8.31. The third-order valence-electron chi connectivity index (χ3n) is 5.98. The molecule has 0 spiro atoms. The maximum Gasteiger partial charge on any atom is 0.458 e. The minimum absolute atomic E-state index is 0.0214. The molecule has 1 aliphatic rings. The van der Waals surface area contributed by atoms with E-state index in [9.17, 15) is 40.2 Å². The molecule has 1 fully saturated rings. The second kappa shape index (κ2) is 10.7. The van der Waals surface area contributed by atoms with Crippen molar-refractivity contribution in [2.45, 2.75) is 68.8 Å². The molecule has 11 heteroatoms. The first-order chi connectivity index (χ1) is 16.3. The molecular weight excluding hydrogens is 486 g/mol. The van der Waals surface area contributed by atoms with E-state index in [-0.39, 0.29) is 18.2 Å². The Morgan fingerprint density at radius 2 is 1.60 bits per heavy atom. The van der Waals surface area contributed by atoms with Crippen molar-refractivity contribution >= 4 is 0 Å². The Hall–Kier alpha value is -2.40. The lowest BCUT2D eigenvalue weighted by molar-refractivity contribution is -0.289. The van der Waals surface area contributed by atoms with E-state index in [4.69, 9.17) is 4.74 Å². The standard InChI is InChI=1S/C24H25F8NO2/c25-22(26,24(30,31)32)17-7-4-6-16(12-17)14-33(15-21(34)23(27,28)29)18-8-5-11-20(13-18)35-19-9-2-1-3-10-19/h1-4,6-7,9-10,12,18,20-21,34H,5,8,11,13-15H2. The van der Waals surface area contributed by atoms with Crippen molar-refractivity contribution in [1.29, 1.82) is 0 Å². The van der Waals surface area contributed by atoms with Gasteiger partial charge in [0.15, 0.2) is 6.10 Å². The van der Waals surface area contributed by atoms with Gasteiger partial charge in [-0.2, -0.15) is 35.1 Å². The number of aliphatic hydroxyl groups is 1. The lowest BCUT2D eigenvalue weighted by atomic mass is 9.91. The Balaban J connectivity index is 1.82. The first-order valence-corrected chi connectivity index (χ1v) is 11.0. The number of hydrogen-bond acceptors (Lipinski definition) is 3. The molecule has 2 aromatic rings. The van der Waals surface area contributed by atoms with Crippen molar-refractivity contribution in [1.82, 2.24) is 4.90 Å². The Bertz CT molecular complexity index is 949. The van der Waals surface area contributed by atoms with E-state index < -0.39 is 42.5 Å².